The van der Waals surface area contributed by atoms with E-state index < -0.39 is 6.10 Å². The second-order valence-electron chi connectivity index (χ2n) is 1.34. The van der Waals surface area contributed by atoms with E-state index in [0.29, 0.717) is 0 Å². The van der Waals surface area contributed by atoms with Crippen LogP contribution in [0.2, 0.25) is 0 Å². The molecular weight excluding hydrogens is 80.0 g/mol. The van der Waals surface area contributed by atoms with E-state index in [2.05, 4.69) is 0 Å². The molecule has 2 heteroatoms. The van der Waals surface area contributed by atoms with Crippen LogP contribution >= 0.6 is 0 Å². The quantitative estimate of drug-likeness (QED) is 0.413. The van der Waals surface area contributed by atoms with Gasteiger partial charge in [0.25, 0.3) is 0 Å². The fraction of sp³-hybridized carbons (Fsp3) is 0.500. The Bertz CT molecular complexity index is 85.5. The Morgan fingerprint density at radius 3 is 2.33 bits per heavy atom. The van der Waals surface area contributed by atoms with E-state index in [0.717, 1.165) is 5.57 Å². The summed E-state index contributed by atoms with van der Waals surface area (Å²) in [5.41, 5.74) is 0.745. The van der Waals surface area contributed by atoms with Crippen molar-refractivity contribution in [2.75, 3.05) is 6.61 Å². The van der Waals surface area contributed by atoms with Crippen LogP contribution in [0, 0.1) is 0 Å². The second kappa shape index (κ2) is 1.06. The van der Waals surface area contributed by atoms with Crippen LogP contribution in [0.25, 0.3) is 0 Å². The van der Waals surface area contributed by atoms with E-state index in [4.69, 9.17) is 10.2 Å². The number of aliphatic hydroxyl groups is 2. The molecule has 6 heavy (non-hydrogen) atoms. The van der Waals surface area contributed by atoms with Crippen molar-refractivity contribution in [3.8, 4) is 0 Å². The molecule has 0 aromatic heterocycles. The smallest absolute Gasteiger partial charge is 0.0959 e. The molecule has 1 atom stereocenters. The zero-order valence-corrected chi connectivity index (χ0v) is 3.26. The first kappa shape index (κ1) is 3.84. The molecule has 34 valence electrons. The monoisotopic (exact) mass is 86.0 g/mol. The molecule has 0 bridgehead atoms. The molecule has 1 unspecified atom stereocenters. The third-order valence-electron chi connectivity index (χ3n) is 0.825. The van der Waals surface area contributed by atoms with Gasteiger partial charge < -0.3 is 10.2 Å². The van der Waals surface area contributed by atoms with Crippen LogP contribution < -0.4 is 0 Å². The van der Waals surface area contributed by atoms with Gasteiger partial charge in [-0.25, -0.2) is 0 Å². The minimum absolute atomic E-state index is 0.0150. The highest BCUT2D eigenvalue weighted by molar-refractivity contribution is 5.31. The first-order valence-electron chi connectivity index (χ1n) is 1.84. The normalized spacial score (nSPS) is 29.7. The largest absolute Gasteiger partial charge is 0.392 e. The van der Waals surface area contributed by atoms with E-state index in [-0.39, 0.29) is 6.61 Å². The van der Waals surface area contributed by atoms with Gasteiger partial charge in [0.05, 0.1) is 12.7 Å². The lowest BCUT2D eigenvalue weighted by atomic mass is 10.5. The number of hydrogen-bond donors (Lipinski definition) is 2. The summed E-state index contributed by atoms with van der Waals surface area (Å²) in [6.07, 6.45) is 1.22. The highest BCUT2D eigenvalue weighted by Crippen LogP contribution is 2.17. The SMILES string of the molecule is OCC1=CC1O. The fourth-order valence-corrected chi connectivity index (χ4v) is 0.301. The van der Waals surface area contributed by atoms with E-state index in [1.165, 1.54) is 0 Å². The summed E-state index contributed by atoms with van der Waals surface area (Å²) in [6, 6.07) is 0. The van der Waals surface area contributed by atoms with Gasteiger partial charge >= 0.3 is 0 Å². The van der Waals surface area contributed by atoms with Gasteiger partial charge in [-0.15, -0.1) is 0 Å². The summed E-state index contributed by atoms with van der Waals surface area (Å²) in [5.74, 6) is 0. The van der Waals surface area contributed by atoms with Crippen molar-refractivity contribution in [1.82, 2.24) is 0 Å². The molecular formula is C4H6O2. The van der Waals surface area contributed by atoms with Crippen molar-refractivity contribution in [2.45, 2.75) is 6.10 Å². The average Bonchev–Trinajstić information content (AvgIpc) is 2.19. The van der Waals surface area contributed by atoms with E-state index in [1.54, 1.807) is 6.08 Å². The molecule has 0 aromatic rings. The molecule has 0 aromatic carbocycles. The Morgan fingerprint density at radius 1 is 1.83 bits per heavy atom. The molecule has 2 nitrogen and oxygen atoms in total. The molecule has 2 N–H and O–H groups in total. The number of hydrogen-bond acceptors (Lipinski definition) is 2. The fourth-order valence-electron chi connectivity index (χ4n) is 0.301. The molecule has 1 aliphatic carbocycles. The molecule has 0 fully saturated rings. The van der Waals surface area contributed by atoms with Crippen LogP contribution in [0.3, 0.4) is 0 Å². The van der Waals surface area contributed by atoms with Crippen molar-refractivity contribution in [3.05, 3.63) is 11.6 Å². The molecule has 0 saturated carbocycles. The standard InChI is InChI=1S/C4H6O2/c5-2-3-1-4(3)6/h1,4-6H,2H2. The highest BCUT2D eigenvalue weighted by atomic mass is 16.3. The first-order valence-corrected chi connectivity index (χ1v) is 1.84. The van der Waals surface area contributed by atoms with Gasteiger partial charge in [0.1, 0.15) is 0 Å². The lowest BCUT2D eigenvalue weighted by Gasteiger charge is -1.78. The third kappa shape index (κ3) is 0.441. The van der Waals surface area contributed by atoms with Gasteiger partial charge in [0.2, 0.25) is 0 Å². The van der Waals surface area contributed by atoms with E-state index >= 15 is 0 Å². The maximum Gasteiger partial charge on any atom is 0.0959 e. The van der Waals surface area contributed by atoms with Gasteiger partial charge in [0, 0.05) is 0 Å². The molecule has 0 radical (unpaired) electrons. The minimum Gasteiger partial charge on any atom is -0.392 e. The zero-order valence-electron chi connectivity index (χ0n) is 3.26. The van der Waals surface area contributed by atoms with Crippen molar-refractivity contribution in [2.24, 2.45) is 0 Å². The molecule has 0 aliphatic heterocycles. The Morgan fingerprint density at radius 2 is 2.33 bits per heavy atom. The van der Waals surface area contributed by atoms with E-state index in [9.17, 15) is 0 Å². The van der Waals surface area contributed by atoms with Crippen LogP contribution in [0.5, 0.6) is 0 Å². The zero-order chi connectivity index (χ0) is 4.57. The van der Waals surface area contributed by atoms with Gasteiger partial charge in [-0.05, 0) is 11.6 Å². The van der Waals surface area contributed by atoms with Gasteiger partial charge in [-0.3, -0.25) is 0 Å². The van der Waals surface area contributed by atoms with Gasteiger partial charge in [-0.1, -0.05) is 0 Å². The van der Waals surface area contributed by atoms with Crippen LogP contribution in [-0.2, 0) is 0 Å². The summed E-state index contributed by atoms with van der Waals surface area (Å²) in [4.78, 5) is 0. The number of aliphatic hydroxyl groups excluding tert-OH is 2. The predicted molar refractivity (Wildman–Crippen MR) is 21.2 cm³/mol. The molecule has 1 rings (SSSR count). The summed E-state index contributed by atoms with van der Waals surface area (Å²) in [5, 5.41) is 16.5. The Kier molecular flexibility index (Phi) is 0.680. The highest BCUT2D eigenvalue weighted by Gasteiger charge is 2.18. The molecule has 1 aliphatic rings. The lowest BCUT2D eigenvalue weighted by Crippen LogP contribution is -1.86. The summed E-state index contributed by atoms with van der Waals surface area (Å²) in [6.45, 7) is 0.0150. The van der Waals surface area contributed by atoms with Crippen molar-refractivity contribution >= 4 is 0 Å². The summed E-state index contributed by atoms with van der Waals surface area (Å²) in [7, 11) is 0. The second-order valence-corrected chi connectivity index (χ2v) is 1.34. The summed E-state index contributed by atoms with van der Waals surface area (Å²) < 4.78 is 0. The molecule has 0 heterocycles. The van der Waals surface area contributed by atoms with Crippen molar-refractivity contribution in [1.29, 1.82) is 0 Å². The Labute approximate surface area is 35.7 Å². The summed E-state index contributed by atoms with van der Waals surface area (Å²) >= 11 is 0. The van der Waals surface area contributed by atoms with E-state index in [1.807, 2.05) is 0 Å². The first-order chi connectivity index (χ1) is 2.84. The maximum atomic E-state index is 8.37. The lowest BCUT2D eigenvalue weighted by molar-refractivity contribution is 0.266. The molecule has 0 amide bonds. The van der Waals surface area contributed by atoms with Gasteiger partial charge in [0.15, 0.2) is 0 Å². The van der Waals surface area contributed by atoms with Crippen molar-refractivity contribution in [3.63, 3.8) is 0 Å². The third-order valence-corrected chi connectivity index (χ3v) is 0.825. The van der Waals surface area contributed by atoms with Gasteiger partial charge in [-0.2, -0.15) is 0 Å². The molecule has 0 saturated heterocycles. The van der Waals surface area contributed by atoms with Crippen LogP contribution in [-0.4, -0.2) is 22.9 Å². The average molecular weight is 86.1 g/mol. The van der Waals surface area contributed by atoms with Crippen molar-refractivity contribution < 1.29 is 10.2 Å². The van der Waals surface area contributed by atoms with Crippen LogP contribution in [0.4, 0.5) is 0 Å². The predicted octanol–water partition coefficient (Wildman–Crippen LogP) is -0.720. The Balaban J connectivity index is 2.23. The van der Waals surface area contributed by atoms with Crippen LogP contribution in [0.1, 0.15) is 0 Å². The van der Waals surface area contributed by atoms with Crippen LogP contribution in [0.15, 0.2) is 11.6 Å². The number of rotatable bonds is 1. The Hall–Kier alpha value is -0.340. The molecule has 0 spiro atoms. The minimum atomic E-state index is -0.394. The maximum absolute atomic E-state index is 8.37. The topological polar surface area (TPSA) is 40.5 Å².